The van der Waals surface area contributed by atoms with Gasteiger partial charge in [0.1, 0.15) is 17.5 Å². The van der Waals surface area contributed by atoms with E-state index >= 15 is 0 Å². The first-order valence-electron chi connectivity index (χ1n) is 4.28. The Hall–Kier alpha value is -1.52. The standard InChI is InChI=1S/C10H9F3O2/c1-5(2-9(14)15)10-7(12)3-6(11)4-8(10)13/h3-5H,2H2,1H3,(H,14,15)/t5-/m0/s1. The topological polar surface area (TPSA) is 37.3 Å². The first-order chi connectivity index (χ1) is 6.91. The third-order valence-electron chi connectivity index (χ3n) is 2.02. The summed E-state index contributed by atoms with van der Waals surface area (Å²) in [5, 5.41) is 8.46. The smallest absolute Gasteiger partial charge is 0.303 e. The van der Waals surface area contributed by atoms with Crippen LogP contribution in [0.3, 0.4) is 0 Å². The van der Waals surface area contributed by atoms with E-state index in [4.69, 9.17) is 5.11 Å². The average Bonchev–Trinajstić information content (AvgIpc) is 1.99. The van der Waals surface area contributed by atoms with Crippen LogP contribution in [0.25, 0.3) is 0 Å². The zero-order chi connectivity index (χ0) is 11.6. The van der Waals surface area contributed by atoms with Crippen LogP contribution in [0.4, 0.5) is 13.2 Å². The predicted octanol–water partition coefficient (Wildman–Crippen LogP) is 2.68. The van der Waals surface area contributed by atoms with E-state index < -0.39 is 35.8 Å². The molecule has 2 nitrogen and oxygen atoms in total. The fraction of sp³-hybridized carbons (Fsp3) is 0.300. The van der Waals surface area contributed by atoms with Gasteiger partial charge in [0.25, 0.3) is 0 Å². The van der Waals surface area contributed by atoms with E-state index in [-0.39, 0.29) is 5.56 Å². The molecule has 0 amide bonds. The highest BCUT2D eigenvalue weighted by atomic mass is 19.1. The van der Waals surface area contributed by atoms with Crippen molar-refractivity contribution in [1.82, 2.24) is 0 Å². The molecule has 0 saturated heterocycles. The van der Waals surface area contributed by atoms with Crippen LogP contribution in [-0.2, 0) is 4.79 Å². The fourth-order valence-electron chi connectivity index (χ4n) is 1.39. The highest BCUT2D eigenvalue weighted by Gasteiger charge is 2.19. The minimum Gasteiger partial charge on any atom is -0.481 e. The van der Waals surface area contributed by atoms with Gasteiger partial charge in [-0.2, -0.15) is 0 Å². The summed E-state index contributed by atoms with van der Waals surface area (Å²) in [6.07, 6.45) is -0.403. The molecule has 1 atom stereocenters. The highest BCUT2D eigenvalue weighted by molar-refractivity contribution is 5.68. The molecule has 0 spiro atoms. The van der Waals surface area contributed by atoms with Crippen LogP contribution in [0.2, 0.25) is 0 Å². The van der Waals surface area contributed by atoms with Gasteiger partial charge < -0.3 is 5.11 Å². The van der Waals surface area contributed by atoms with Gasteiger partial charge in [-0.05, 0) is 5.92 Å². The minimum absolute atomic E-state index is 0.390. The zero-order valence-corrected chi connectivity index (χ0v) is 7.93. The number of aliphatic carboxylic acids is 1. The molecule has 82 valence electrons. The van der Waals surface area contributed by atoms with E-state index in [1.54, 1.807) is 0 Å². The second kappa shape index (κ2) is 4.33. The highest BCUT2D eigenvalue weighted by Crippen LogP contribution is 2.25. The number of carbonyl (C=O) groups is 1. The van der Waals surface area contributed by atoms with Crippen LogP contribution < -0.4 is 0 Å². The summed E-state index contributed by atoms with van der Waals surface area (Å²) >= 11 is 0. The van der Waals surface area contributed by atoms with Crippen molar-refractivity contribution in [3.05, 3.63) is 35.1 Å². The first-order valence-corrected chi connectivity index (χ1v) is 4.28. The molecule has 0 aliphatic carbocycles. The molecule has 1 rings (SSSR count). The SMILES string of the molecule is C[C@@H](CC(=O)O)c1c(F)cc(F)cc1F. The third kappa shape index (κ3) is 2.71. The number of rotatable bonds is 3. The van der Waals surface area contributed by atoms with E-state index in [0.717, 1.165) is 0 Å². The Labute approximate surface area is 84.3 Å². The van der Waals surface area contributed by atoms with Crippen molar-refractivity contribution in [3.63, 3.8) is 0 Å². The lowest BCUT2D eigenvalue weighted by atomic mass is 9.96. The van der Waals surface area contributed by atoms with Crippen LogP contribution in [0.15, 0.2) is 12.1 Å². The molecule has 0 radical (unpaired) electrons. The minimum atomic E-state index is -1.16. The largest absolute Gasteiger partial charge is 0.481 e. The van der Waals surface area contributed by atoms with Gasteiger partial charge in [0.2, 0.25) is 0 Å². The van der Waals surface area contributed by atoms with E-state index in [1.807, 2.05) is 0 Å². The van der Waals surface area contributed by atoms with Crippen molar-refractivity contribution >= 4 is 5.97 Å². The van der Waals surface area contributed by atoms with E-state index in [2.05, 4.69) is 0 Å². The van der Waals surface area contributed by atoms with Gasteiger partial charge in [-0.15, -0.1) is 0 Å². The first kappa shape index (κ1) is 11.6. The zero-order valence-electron chi connectivity index (χ0n) is 7.93. The number of halogens is 3. The fourth-order valence-corrected chi connectivity index (χ4v) is 1.39. The number of carboxylic acids is 1. The van der Waals surface area contributed by atoms with Gasteiger partial charge in [-0.3, -0.25) is 4.79 Å². The molecule has 15 heavy (non-hydrogen) atoms. The Bertz CT molecular complexity index is 367. The van der Waals surface area contributed by atoms with Crippen LogP contribution in [-0.4, -0.2) is 11.1 Å². The van der Waals surface area contributed by atoms with Crippen LogP contribution in [0.1, 0.15) is 24.8 Å². The van der Waals surface area contributed by atoms with E-state index in [1.165, 1.54) is 6.92 Å². The number of hydrogen-bond acceptors (Lipinski definition) is 1. The maximum Gasteiger partial charge on any atom is 0.303 e. The maximum absolute atomic E-state index is 13.1. The molecule has 0 fully saturated rings. The van der Waals surface area contributed by atoms with Crippen molar-refractivity contribution < 1.29 is 23.1 Å². The molecule has 0 unspecified atom stereocenters. The van der Waals surface area contributed by atoms with Crippen LogP contribution >= 0.6 is 0 Å². The summed E-state index contributed by atoms with van der Waals surface area (Å²) in [6.45, 7) is 1.37. The Balaban J connectivity index is 3.08. The Morgan fingerprint density at radius 1 is 1.33 bits per heavy atom. The summed E-state index contributed by atoms with van der Waals surface area (Å²) in [7, 11) is 0. The summed E-state index contributed by atoms with van der Waals surface area (Å²) in [6, 6.07) is 1.08. The number of benzene rings is 1. The Kier molecular flexibility index (Phi) is 3.34. The second-order valence-corrected chi connectivity index (χ2v) is 3.28. The van der Waals surface area contributed by atoms with Crippen LogP contribution in [0, 0.1) is 17.5 Å². The van der Waals surface area contributed by atoms with Crippen molar-refractivity contribution in [2.24, 2.45) is 0 Å². The van der Waals surface area contributed by atoms with Gasteiger partial charge in [-0.1, -0.05) is 6.92 Å². The van der Waals surface area contributed by atoms with Crippen molar-refractivity contribution in [2.45, 2.75) is 19.3 Å². The average molecular weight is 218 g/mol. The van der Waals surface area contributed by atoms with E-state index in [9.17, 15) is 18.0 Å². The molecule has 1 aromatic carbocycles. The van der Waals surface area contributed by atoms with E-state index in [0.29, 0.717) is 12.1 Å². The monoisotopic (exact) mass is 218 g/mol. The lowest BCUT2D eigenvalue weighted by Gasteiger charge is -2.11. The van der Waals surface area contributed by atoms with Gasteiger partial charge >= 0.3 is 5.97 Å². The molecule has 5 heteroatoms. The summed E-state index contributed by atoms with van der Waals surface area (Å²) in [4.78, 5) is 10.4. The molecule has 0 aliphatic rings. The van der Waals surface area contributed by atoms with Crippen molar-refractivity contribution in [1.29, 1.82) is 0 Å². The summed E-state index contributed by atoms with van der Waals surface area (Å²) in [5.41, 5.74) is -0.390. The predicted molar refractivity (Wildman–Crippen MR) is 47.0 cm³/mol. The van der Waals surface area contributed by atoms with Gasteiger partial charge in [-0.25, -0.2) is 13.2 Å². The Morgan fingerprint density at radius 3 is 2.20 bits per heavy atom. The molecule has 0 aromatic heterocycles. The van der Waals surface area contributed by atoms with Gasteiger partial charge in [0.05, 0.1) is 6.42 Å². The summed E-state index contributed by atoms with van der Waals surface area (Å²) in [5.74, 6) is -5.12. The van der Waals surface area contributed by atoms with Crippen molar-refractivity contribution in [3.8, 4) is 0 Å². The Morgan fingerprint density at radius 2 is 1.80 bits per heavy atom. The molecule has 0 bridgehead atoms. The summed E-state index contributed by atoms with van der Waals surface area (Å²) < 4.78 is 38.8. The molecule has 0 heterocycles. The molecular formula is C10H9F3O2. The lowest BCUT2D eigenvalue weighted by Crippen LogP contribution is -2.07. The molecule has 0 saturated carbocycles. The van der Waals surface area contributed by atoms with Crippen molar-refractivity contribution in [2.75, 3.05) is 0 Å². The molecule has 0 aliphatic heterocycles. The normalized spacial score (nSPS) is 12.5. The van der Waals surface area contributed by atoms with Gasteiger partial charge in [0, 0.05) is 17.7 Å². The third-order valence-corrected chi connectivity index (χ3v) is 2.02. The molecule has 1 N–H and O–H groups in total. The van der Waals surface area contributed by atoms with Gasteiger partial charge in [0.15, 0.2) is 0 Å². The maximum atomic E-state index is 13.1. The van der Waals surface area contributed by atoms with Crippen LogP contribution in [0.5, 0.6) is 0 Å². The number of carboxylic acid groups (broad SMARTS) is 1. The lowest BCUT2D eigenvalue weighted by molar-refractivity contribution is -0.137. The second-order valence-electron chi connectivity index (χ2n) is 3.28. The molecule has 1 aromatic rings. The molecular weight excluding hydrogens is 209 g/mol. The number of hydrogen-bond donors (Lipinski definition) is 1. The quantitative estimate of drug-likeness (QED) is 0.846.